The monoisotopic (exact) mass is 241 g/mol. The van der Waals surface area contributed by atoms with Gasteiger partial charge in [-0.3, -0.25) is 0 Å². The number of thioether (sulfide) groups is 1. The summed E-state index contributed by atoms with van der Waals surface area (Å²) >= 11 is 1.90. The molecule has 86 valence electrons. The van der Waals surface area contributed by atoms with E-state index in [1.165, 1.54) is 35.1 Å². The lowest BCUT2D eigenvalue weighted by atomic mass is 10.1. The Balaban J connectivity index is 1.94. The first-order chi connectivity index (χ1) is 8.43. The number of benzene rings is 1. The van der Waals surface area contributed by atoms with Crippen molar-refractivity contribution in [2.45, 2.75) is 29.5 Å². The van der Waals surface area contributed by atoms with Crippen molar-refractivity contribution in [2.24, 2.45) is 0 Å². The zero-order chi connectivity index (χ0) is 11.5. The van der Waals surface area contributed by atoms with E-state index in [-0.39, 0.29) is 0 Å². The van der Waals surface area contributed by atoms with Gasteiger partial charge in [-0.1, -0.05) is 48.2 Å². The third kappa shape index (κ3) is 2.37. The van der Waals surface area contributed by atoms with E-state index in [0.717, 1.165) is 0 Å². The minimum absolute atomic E-state index is 0.599. The average molecular weight is 241 g/mol. The Morgan fingerprint density at radius 1 is 1.18 bits per heavy atom. The van der Waals surface area contributed by atoms with Crippen LogP contribution in [0, 0.1) is 0 Å². The standard InChI is InChI=1S/C15H15NS/c1-2-7-13(8-3-1)17-15-14-9-5-4-6-12(14)10-11-16-15/h2,4-7,9-11,13H,1,3,8H2. The van der Waals surface area contributed by atoms with Gasteiger partial charge in [-0.2, -0.15) is 0 Å². The molecular weight excluding hydrogens is 226 g/mol. The highest BCUT2D eigenvalue weighted by molar-refractivity contribution is 8.00. The minimum Gasteiger partial charge on any atom is -0.249 e. The second-order valence-electron chi connectivity index (χ2n) is 4.35. The number of pyridine rings is 1. The molecule has 0 spiro atoms. The Kier molecular flexibility index (Phi) is 3.14. The highest BCUT2D eigenvalue weighted by Gasteiger charge is 2.12. The van der Waals surface area contributed by atoms with Crippen LogP contribution in [0.1, 0.15) is 19.3 Å². The topological polar surface area (TPSA) is 12.9 Å². The third-order valence-electron chi connectivity index (χ3n) is 3.11. The minimum atomic E-state index is 0.599. The van der Waals surface area contributed by atoms with Crippen molar-refractivity contribution in [3.05, 3.63) is 48.7 Å². The molecule has 1 aromatic carbocycles. The SMILES string of the molecule is C1=CC(Sc2nccc3ccccc23)CCC1. The van der Waals surface area contributed by atoms with Gasteiger partial charge < -0.3 is 0 Å². The van der Waals surface area contributed by atoms with Gasteiger partial charge in [0.05, 0.1) is 0 Å². The van der Waals surface area contributed by atoms with Crippen LogP contribution in [0.5, 0.6) is 0 Å². The first-order valence-electron chi connectivity index (χ1n) is 6.10. The summed E-state index contributed by atoms with van der Waals surface area (Å²) in [5.41, 5.74) is 0. The van der Waals surface area contributed by atoms with Gasteiger partial charge in [0.25, 0.3) is 0 Å². The largest absolute Gasteiger partial charge is 0.249 e. The quantitative estimate of drug-likeness (QED) is 0.721. The molecule has 1 aromatic heterocycles. The fraction of sp³-hybridized carbons (Fsp3) is 0.267. The second kappa shape index (κ2) is 4.92. The molecule has 1 unspecified atom stereocenters. The normalized spacial score (nSPS) is 19.6. The molecule has 1 nitrogen and oxygen atoms in total. The highest BCUT2D eigenvalue weighted by atomic mass is 32.2. The van der Waals surface area contributed by atoms with Crippen LogP contribution in [0.15, 0.2) is 53.7 Å². The Morgan fingerprint density at radius 3 is 3.00 bits per heavy atom. The van der Waals surface area contributed by atoms with E-state index in [2.05, 4.69) is 47.5 Å². The van der Waals surface area contributed by atoms with Gasteiger partial charge >= 0.3 is 0 Å². The maximum atomic E-state index is 4.53. The summed E-state index contributed by atoms with van der Waals surface area (Å²) in [5.74, 6) is 0. The predicted octanol–water partition coefficient (Wildman–Crippen LogP) is 4.44. The molecule has 1 aliphatic carbocycles. The van der Waals surface area contributed by atoms with Crippen molar-refractivity contribution in [1.82, 2.24) is 4.98 Å². The van der Waals surface area contributed by atoms with Crippen molar-refractivity contribution in [3.63, 3.8) is 0 Å². The van der Waals surface area contributed by atoms with Crippen LogP contribution in [0.2, 0.25) is 0 Å². The molecule has 2 heteroatoms. The fourth-order valence-electron chi connectivity index (χ4n) is 2.21. The van der Waals surface area contributed by atoms with E-state index in [4.69, 9.17) is 0 Å². The van der Waals surface area contributed by atoms with Crippen LogP contribution in [-0.2, 0) is 0 Å². The molecule has 0 radical (unpaired) electrons. The van der Waals surface area contributed by atoms with Gasteiger partial charge in [0.2, 0.25) is 0 Å². The maximum Gasteiger partial charge on any atom is 0.104 e. The average Bonchev–Trinajstić information content (AvgIpc) is 2.40. The van der Waals surface area contributed by atoms with Crippen LogP contribution < -0.4 is 0 Å². The van der Waals surface area contributed by atoms with Gasteiger partial charge in [-0.25, -0.2) is 4.98 Å². The molecule has 3 rings (SSSR count). The van der Waals surface area contributed by atoms with Gasteiger partial charge in [0.15, 0.2) is 0 Å². The first kappa shape index (κ1) is 10.8. The third-order valence-corrected chi connectivity index (χ3v) is 4.35. The van der Waals surface area contributed by atoms with E-state index < -0.39 is 0 Å². The number of aromatic nitrogens is 1. The summed E-state index contributed by atoms with van der Waals surface area (Å²) in [7, 11) is 0. The van der Waals surface area contributed by atoms with Crippen LogP contribution in [-0.4, -0.2) is 10.2 Å². The first-order valence-corrected chi connectivity index (χ1v) is 6.98. The maximum absolute atomic E-state index is 4.53. The number of allylic oxidation sites excluding steroid dienone is 1. The Morgan fingerprint density at radius 2 is 2.12 bits per heavy atom. The summed E-state index contributed by atoms with van der Waals surface area (Å²) in [6, 6.07) is 10.6. The number of rotatable bonds is 2. The van der Waals surface area contributed by atoms with E-state index in [1.807, 2.05) is 18.0 Å². The summed E-state index contributed by atoms with van der Waals surface area (Å²) in [4.78, 5) is 4.53. The molecule has 17 heavy (non-hydrogen) atoms. The Labute approximate surface area is 106 Å². The van der Waals surface area contributed by atoms with Crippen molar-refractivity contribution in [3.8, 4) is 0 Å². The molecule has 1 heterocycles. The molecule has 0 saturated carbocycles. The van der Waals surface area contributed by atoms with Crippen LogP contribution >= 0.6 is 11.8 Å². The van der Waals surface area contributed by atoms with Crippen LogP contribution in [0.4, 0.5) is 0 Å². The molecule has 0 N–H and O–H groups in total. The molecule has 0 fully saturated rings. The summed E-state index contributed by atoms with van der Waals surface area (Å²) in [6.07, 6.45) is 10.4. The van der Waals surface area contributed by atoms with Gasteiger partial charge in [-0.15, -0.1) is 0 Å². The number of fused-ring (bicyclic) bond motifs is 1. The molecule has 0 bridgehead atoms. The van der Waals surface area contributed by atoms with Crippen molar-refractivity contribution in [1.29, 1.82) is 0 Å². The number of nitrogens with zero attached hydrogens (tertiary/aromatic N) is 1. The Hall–Kier alpha value is -1.28. The zero-order valence-electron chi connectivity index (χ0n) is 9.67. The second-order valence-corrected chi connectivity index (χ2v) is 5.58. The van der Waals surface area contributed by atoms with Crippen LogP contribution in [0.3, 0.4) is 0 Å². The van der Waals surface area contributed by atoms with Gasteiger partial charge in [0.1, 0.15) is 5.03 Å². The van der Waals surface area contributed by atoms with Gasteiger partial charge in [0, 0.05) is 16.8 Å². The van der Waals surface area contributed by atoms with Gasteiger partial charge in [-0.05, 0) is 30.7 Å². The lowest BCUT2D eigenvalue weighted by Crippen LogP contribution is -2.02. The number of hydrogen-bond acceptors (Lipinski definition) is 2. The summed E-state index contributed by atoms with van der Waals surface area (Å²) in [6.45, 7) is 0. The zero-order valence-corrected chi connectivity index (χ0v) is 10.5. The smallest absolute Gasteiger partial charge is 0.104 e. The molecule has 1 atom stereocenters. The molecular formula is C15H15NS. The lowest BCUT2D eigenvalue weighted by Gasteiger charge is -2.16. The highest BCUT2D eigenvalue weighted by Crippen LogP contribution is 2.32. The molecule has 2 aromatic rings. The van der Waals surface area contributed by atoms with Crippen LogP contribution in [0.25, 0.3) is 10.8 Å². The molecule has 0 saturated heterocycles. The Bertz CT molecular complexity index is 542. The molecule has 1 aliphatic rings. The van der Waals surface area contributed by atoms with Crippen molar-refractivity contribution < 1.29 is 0 Å². The summed E-state index contributed by atoms with van der Waals surface area (Å²) in [5, 5.41) is 4.32. The lowest BCUT2D eigenvalue weighted by molar-refractivity contribution is 0.740. The van der Waals surface area contributed by atoms with E-state index in [9.17, 15) is 0 Å². The molecule has 0 aliphatic heterocycles. The van der Waals surface area contributed by atoms with E-state index >= 15 is 0 Å². The number of hydrogen-bond donors (Lipinski definition) is 0. The summed E-state index contributed by atoms with van der Waals surface area (Å²) < 4.78 is 0. The predicted molar refractivity (Wildman–Crippen MR) is 74.4 cm³/mol. The van der Waals surface area contributed by atoms with E-state index in [0.29, 0.717) is 5.25 Å². The van der Waals surface area contributed by atoms with Crippen molar-refractivity contribution >= 4 is 22.5 Å². The molecule has 0 amide bonds. The van der Waals surface area contributed by atoms with E-state index in [1.54, 1.807) is 0 Å². The fourth-order valence-corrected chi connectivity index (χ4v) is 3.40. The van der Waals surface area contributed by atoms with Crippen molar-refractivity contribution in [2.75, 3.05) is 0 Å².